The third-order valence-electron chi connectivity index (χ3n) is 4.45. The first-order valence-electron chi connectivity index (χ1n) is 7.92. The molecule has 7 heteroatoms. The number of fused-ring (bicyclic) bond motifs is 1. The number of hydrogen-bond donors (Lipinski definition) is 3. The van der Waals surface area contributed by atoms with Gasteiger partial charge in [-0.25, -0.2) is 4.98 Å². The zero-order valence-corrected chi connectivity index (χ0v) is 12.8. The minimum absolute atomic E-state index is 0.130. The van der Waals surface area contributed by atoms with E-state index in [-0.39, 0.29) is 12.5 Å². The molecule has 2 atom stereocenters. The molecule has 0 aromatic carbocycles. The number of rotatable bonds is 5. The van der Waals surface area contributed by atoms with E-state index in [2.05, 4.69) is 20.4 Å². The van der Waals surface area contributed by atoms with Gasteiger partial charge in [0.25, 0.3) is 5.78 Å². The number of aromatic nitrogens is 4. The first-order chi connectivity index (χ1) is 10.7. The van der Waals surface area contributed by atoms with Crippen molar-refractivity contribution in [2.75, 3.05) is 11.9 Å². The first kappa shape index (κ1) is 15.2. The van der Waals surface area contributed by atoms with Crippen LogP contribution in [0.25, 0.3) is 5.78 Å². The van der Waals surface area contributed by atoms with E-state index < -0.39 is 12.1 Å². The molecule has 0 saturated heterocycles. The zero-order valence-electron chi connectivity index (χ0n) is 12.8. The molecule has 2 aromatic heterocycles. The maximum atomic E-state index is 10.6. The van der Waals surface area contributed by atoms with Crippen LogP contribution in [0.4, 0.5) is 5.82 Å². The molecule has 0 spiro atoms. The molecule has 7 nitrogen and oxygen atoms in total. The quantitative estimate of drug-likeness (QED) is 0.767. The fourth-order valence-corrected chi connectivity index (χ4v) is 3.27. The Kier molecular flexibility index (Phi) is 4.54. The third kappa shape index (κ3) is 3.05. The molecule has 1 fully saturated rings. The van der Waals surface area contributed by atoms with Gasteiger partial charge in [0.15, 0.2) is 0 Å². The predicted molar refractivity (Wildman–Crippen MR) is 82.6 cm³/mol. The van der Waals surface area contributed by atoms with Crippen LogP contribution < -0.4 is 5.32 Å². The Morgan fingerprint density at radius 1 is 1.36 bits per heavy atom. The molecular formula is C15H23N5O2. The van der Waals surface area contributed by atoms with Crippen molar-refractivity contribution >= 4 is 11.6 Å². The van der Waals surface area contributed by atoms with Gasteiger partial charge in [0.2, 0.25) is 0 Å². The largest absolute Gasteiger partial charge is 0.394 e. The molecule has 1 aliphatic carbocycles. The van der Waals surface area contributed by atoms with Gasteiger partial charge in [-0.3, -0.25) is 0 Å². The van der Waals surface area contributed by atoms with E-state index >= 15 is 0 Å². The second-order valence-electron chi connectivity index (χ2n) is 6.08. The summed E-state index contributed by atoms with van der Waals surface area (Å²) >= 11 is 0. The van der Waals surface area contributed by atoms with Gasteiger partial charge in [-0.05, 0) is 25.7 Å². The molecule has 22 heavy (non-hydrogen) atoms. The number of hydrogen-bond acceptors (Lipinski definition) is 6. The lowest BCUT2D eigenvalue weighted by molar-refractivity contribution is 0.0492. The highest BCUT2D eigenvalue weighted by Crippen LogP contribution is 2.28. The van der Waals surface area contributed by atoms with Crippen LogP contribution in [0.1, 0.15) is 37.8 Å². The van der Waals surface area contributed by atoms with E-state index in [1.165, 1.54) is 12.7 Å². The third-order valence-corrected chi connectivity index (χ3v) is 4.45. The van der Waals surface area contributed by atoms with Gasteiger partial charge in [-0.15, -0.1) is 0 Å². The van der Waals surface area contributed by atoms with E-state index in [9.17, 15) is 10.2 Å². The first-order valence-corrected chi connectivity index (χ1v) is 7.92. The Hall–Kier alpha value is -1.73. The highest BCUT2D eigenvalue weighted by Gasteiger charge is 2.29. The van der Waals surface area contributed by atoms with Crippen LogP contribution in [-0.4, -0.2) is 48.5 Å². The van der Waals surface area contributed by atoms with E-state index in [0.29, 0.717) is 11.6 Å². The molecule has 2 heterocycles. The summed E-state index contributed by atoms with van der Waals surface area (Å²) in [5, 5.41) is 27.7. The minimum Gasteiger partial charge on any atom is -0.394 e. The van der Waals surface area contributed by atoms with Crippen molar-refractivity contribution in [3.05, 3.63) is 18.1 Å². The van der Waals surface area contributed by atoms with Crippen molar-refractivity contribution in [2.45, 2.75) is 51.2 Å². The van der Waals surface area contributed by atoms with Gasteiger partial charge in [-0.2, -0.15) is 14.6 Å². The number of nitrogens with zero attached hydrogens (tertiary/aromatic N) is 4. The standard InChI is InChI=1S/C15H23N5O2/c1-10-7-13(20-15(18-10)16-9-17-20)19-12(8-21)14(22)11-5-3-2-4-6-11/h7,9,11-12,14,19,21-22H,2-6,8H2,1H3. The smallest absolute Gasteiger partial charge is 0.254 e. The fourth-order valence-electron chi connectivity index (χ4n) is 3.27. The van der Waals surface area contributed by atoms with Gasteiger partial charge in [0, 0.05) is 11.8 Å². The molecule has 3 N–H and O–H groups in total. The Morgan fingerprint density at radius 3 is 2.86 bits per heavy atom. The lowest BCUT2D eigenvalue weighted by Crippen LogP contribution is -2.42. The molecule has 0 radical (unpaired) electrons. The van der Waals surface area contributed by atoms with E-state index in [1.54, 1.807) is 4.52 Å². The van der Waals surface area contributed by atoms with Crippen molar-refractivity contribution in [2.24, 2.45) is 5.92 Å². The summed E-state index contributed by atoms with van der Waals surface area (Å²) in [6.07, 6.45) is 6.46. The monoisotopic (exact) mass is 305 g/mol. The number of aliphatic hydroxyl groups excluding tert-OH is 2. The molecule has 120 valence electrons. The predicted octanol–water partition coefficient (Wildman–Crippen LogP) is 1.15. The van der Waals surface area contributed by atoms with E-state index in [1.807, 2.05) is 13.0 Å². The molecule has 0 bridgehead atoms. The molecule has 1 aliphatic rings. The lowest BCUT2D eigenvalue weighted by Gasteiger charge is -2.32. The summed E-state index contributed by atoms with van der Waals surface area (Å²) in [5.41, 5.74) is 0.812. The number of aliphatic hydroxyl groups is 2. The molecule has 2 aromatic rings. The number of nitrogens with one attached hydrogen (secondary N) is 1. The number of anilines is 1. The van der Waals surface area contributed by atoms with Crippen molar-refractivity contribution < 1.29 is 10.2 Å². The Balaban J connectivity index is 1.80. The Bertz CT molecular complexity index is 623. The maximum Gasteiger partial charge on any atom is 0.254 e. The lowest BCUT2D eigenvalue weighted by atomic mass is 9.83. The molecule has 2 unspecified atom stereocenters. The fraction of sp³-hybridized carbons (Fsp3) is 0.667. The van der Waals surface area contributed by atoms with Crippen LogP contribution in [-0.2, 0) is 0 Å². The summed E-state index contributed by atoms with van der Waals surface area (Å²) in [4.78, 5) is 8.37. The molecular weight excluding hydrogens is 282 g/mol. The average Bonchev–Trinajstić information content (AvgIpc) is 3.01. The van der Waals surface area contributed by atoms with Crippen LogP contribution in [0.2, 0.25) is 0 Å². The van der Waals surface area contributed by atoms with Gasteiger partial charge in [0.05, 0.1) is 18.8 Å². The van der Waals surface area contributed by atoms with Crippen molar-refractivity contribution in [1.82, 2.24) is 19.6 Å². The molecule has 0 amide bonds. The van der Waals surface area contributed by atoms with E-state index in [0.717, 1.165) is 31.4 Å². The summed E-state index contributed by atoms with van der Waals surface area (Å²) in [6.45, 7) is 1.75. The maximum absolute atomic E-state index is 10.6. The SMILES string of the molecule is Cc1cc(NC(CO)C(O)C2CCCCC2)n2ncnc2n1. The average molecular weight is 305 g/mol. The Morgan fingerprint density at radius 2 is 2.14 bits per heavy atom. The van der Waals surface area contributed by atoms with Gasteiger partial charge >= 0.3 is 0 Å². The van der Waals surface area contributed by atoms with Crippen LogP contribution in [0.15, 0.2) is 12.4 Å². The van der Waals surface area contributed by atoms with Crippen molar-refractivity contribution in [3.8, 4) is 0 Å². The summed E-state index contributed by atoms with van der Waals surface area (Å²) in [5.74, 6) is 1.44. The van der Waals surface area contributed by atoms with Crippen LogP contribution in [0, 0.1) is 12.8 Å². The van der Waals surface area contributed by atoms with Crippen molar-refractivity contribution in [1.29, 1.82) is 0 Å². The highest BCUT2D eigenvalue weighted by atomic mass is 16.3. The van der Waals surface area contributed by atoms with E-state index in [4.69, 9.17) is 0 Å². The Labute approximate surface area is 129 Å². The zero-order chi connectivity index (χ0) is 15.5. The second-order valence-corrected chi connectivity index (χ2v) is 6.08. The second kappa shape index (κ2) is 6.58. The summed E-state index contributed by atoms with van der Waals surface area (Å²) in [7, 11) is 0. The number of aryl methyl sites for hydroxylation is 1. The van der Waals surface area contributed by atoms with Gasteiger partial charge in [0.1, 0.15) is 12.1 Å². The highest BCUT2D eigenvalue weighted by molar-refractivity contribution is 5.45. The van der Waals surface area contributed by atoms with Gasteiger partial charge in [-0.1, -0.05) is 19.3 Å². The van der Waals surface area contributed by atoms with Crippen molar-refractivity contribution in [3.63, 3.8) is 0 Å². The molecule has 0 aliphatic heterocycles. The topological polar surface area (TPSA) is 95.6 Å². The normalized spacial score (nSPS) is 19.2. The van der Waals surface area contributed by atoms with Crippen LogP contribution in [0.5, 0.6) is 0 Å². The van der Waals surface area contributed by atoms with Crippen LogP contribution in [0.3, 0.4) is 0 Å². The summed E-state index contributed by atoms with van der Waals surface area (Å²) in [6, 6.07) is 1.43. The molecule has 3 rings (SSSR count). The van der Waals surface area contributed by atoms with Gasteiger partial charge < -0.3 is 15.5 Å². The minimum atomic E-state index is -0.572. The van der Waals surface area contributed by atoms with Crippen LogP contribution >= 0.6 is 0 Å². The molecule has 1 saturated carbocycles. The summed E-state index contributed by atoms with van der Waals surface area (Å²) < 4.78 is 1.59.